The molecule has 2 aromatic heterocycles. The molecular formula is C43H46N8O6. The molecule has 294 valence electrons. The van der Waals surface area contributed by atoms with Crippen LogP contribution < -0.4 is 15.5 Å². The lowest BCUT2D eigenvalue weighted by Crippen LogP contribution is -2.51. The predicted molar refractivity (Wildman–Crippen MR) is 213 cm³/mol. The number of aromatic amines is 2. The molecule has 5 aromatic rings. The minimum absolute atomic E-state index is 0.107. The van der Waals surface area contributed by atoms with Crippen LogP contribution in [0.1, 0.15) is 68.0 Å². The maximum atomic E-state index is 13.9. The third-order valence-electron chi connectivity index (χ3n) is 11.4. The Labute approximate surface area is 330 Å². The number of alkyl carbamates (subject to hydrolysis) is 2. The summed E-state index contributed by atoms with van der Waals surface area (Å²) in [6, 6.07) is 20.7. The van der Waals surface area contributed by atoms with Gasteiger partial charge in [0.25, 0.3) is 0 Å². The van der Waals surface area contributed by atoms with Crippen molar-refractivity contribution in [2.75, 3.05) is 25.7 Å². The second kappa shape index (κ2) is 15.6. The topological polar surface area (TPSA) is 175 Å². The molecule has 0 spiro atoms. The molecule has 1 fully saturated rings. The molecule has 5 heterocycles. The summed E-state index contributed by atoms with van der Waals surface area (Å²) in [6.07, 6.45) is 5.74. The highest BCUT2D eigenvalue weighted by atomic mass is 16.5. The van der Waals surface area contributed by atoms with E-state index in [9.17, 15) is 19.2 Å². The highest BCUT2D eigenvalue weighted by Gasteiger charge is 2.43. The van der Waals surface area contributed by atoms with Gasteiger partial charge in [-0.15, -0.1) is 0 Å². The van der Waals surface area contributed by atoms with Gasteiger partial charge < -0.3 is 35.0 Å². The van der Waals surface area contributed by atoms with Crippen molar-refractivity contribution in [2.45, 2.75) is 70.1 Å². The van der Waals surface area contributed by atoms with Crippen LogP contribution in [0.15, 0.2) is 79.1 Å². The molecule has 0 aliphatic carbocycles. The molecule has 3 aromatic carbocycles. The summed E-state index contributed by atoms with van der Waals surface area (Å²) in [5.74, 6) is 0.982. The zero-order valence-electron chi connectivity index (χ0n) is 32.4. The third-order valence-corrected chi connectivity index (χ3v) is 11.4. The Kier molecular flexibility index (Phi) is 10.3. The summed E-state index contributed by atoms with van der Waals surface area (Å²) in [5, 5.41) is 5.42. The zero-order chi connectivity index (χ0) is 39.8. The number of para-hydroxylation sites is 1. The molecule has 4 N–H and O–H groups in total. The van der Waals surface area contributed by atoms with Crippen LogP contribution in [-0.4, -0.2) is 81.7 Å². The predicted octanol–water partition coefficient (Wildman–Crippen LogP) is 6.48. The molecular weight excluding hydrogens is 725 g/mol. The average Bonchev–Trinajstić information content (AvgIpc) is 4.06. The molecule has 57 heavy (non-hydrogen) atoms. The van der Waals surface area contributed by atoms with Crippen molar-refractivity contribution in [1.29, 1.82) is 0 Å². The molecule has 3 aliphatic heterocycles. The molecule has 14 heteroatoms. The Balaban J connectivity index is 0.951. The first kappa shape index (κ1) is 37.5. The van der Waals surface area contributed by atoms with E-state index in [1.807, 2.05) is 26.0 Å². The molecule has 14 nitrogen and oxygen atoms in total. The van der Waals surface area contributed by atoms with Gasteiger partial charge in [-0.3, -0.25) is 14.5 Å². The van der Waals surface area contributed by atoms with Gasteiger partial charge >= 0.3 is 12.2 Å². The summed E-state index contributed by atoms with van der Waals surface area (Å²) in [5.41, 5.74) is 8.81. The van der Waals surface area contributed by atoms with Crippen LogP contribution in [0.5, 0.6) is 0 Å². The van der Waals surface area contributed by atoms with Crippen molar-refractivity contribution in [3.63, 3.8) is 0 Å². The summed E-state index contributed by atoms with van der Waals surface area (Å²) in [7, 11) is 2.58. The number of imidazole rings is 2. The van der Waals surface area contributed by atoms with Crippen molar-refractivity contribution >= 4 is 29.7 Å². The van der Waals surface area contributed by atoms with Crippen LogP contribution in [0, 0.1) is 5.92 Å². The van der Waals surface area contributed by atoms with Crippen molar-refractivity contribution < 1.29 is 28.7 Å². The van der Waals surface area contributed by atoms with Gasteiger partial charge in [0.1, 0.15) is 23.7 Å². The highest BCUT2D eigenvalue weighted by molar-refractivity contribution is 6.02. The summed E-state index contributed by atoms with van der Waals surface area (Å²) in [4.78, 5) is 71.5. The molecule has 8 rings (SSSR count). The number of carbonyl (C=O) groups is 4. The number of ether oxygens (including phenoxy) is 2. The summed E-state index contributed by atoms with van der Waals surface area (Å²) in [6.45, 7) is 4.39. The molecule has 0 unspecified atom stereocenters. The Morgan fingerprint density at radius 3 is 1.95 bits per heavy atom. The number of rotatable bonds is 9. The fraction of sp³-hybridized carbons (Fsp3) is 0.349. The molecule has 3 aliphatic rings. The van der Waals surface area contributed by atoms with E-state index in [-0.39, 0.29) is 29.8 Å². The minimum Gasteiger partial charge on any atom is -0.453 e. The molecule has 4 atom stereocenters. The quantitative estimate of drug-likeness (QED) is 0.132. The number of amides is 4. The van der Waals surface area contributed by atoms with E-state index < -0.39 is 24.3 Å². The fourth-order valence-electron chi connectivity index (χ4n) is 8.37. The van der Waals surface area contributed by atoms with Gasteiger partial charge in [-0.25, -0.2) is 19.6 Å². The van der Waals surface area contributed by atoms with Crippen LogP contribution in [0.3, 0.4) is 0 Å². The molecule has 0 bridgehead atoms. The van der Waals surface area contributed by atoms with Gasteiger partial charge in [-0.05, 0) is 65.0 Å². The van der Waals surface area contributed by atoms with Crippen LogP contribution >= 0.6 is 0 Å². The van der Waals surface area contributed by atoms with Crippen LogP contribution in [-0.2, 0) is 31.9 Å². The largest absolute Gasteiger partial charge is 0.453 e. The van der Waals surface area contributed by atoms with Gasteiger partial charge in [-0.1, -0.05) is 80.6 Å². The van der Waals surface area contributed by atoms with E-state index in [1.54, 1.807) is 22.2 Å². The zero-order valence-corrected chi connectivity index (χ0v) is 32.4. The fourth-order valence-corrected chi connectivity index (χ4v) is 8.37. The van der Waals surface area contributed by atoms with Crippen molar-refractivity contribution in [3.05, 3.63) is 102 Å². The maximum absolute atomic E-state index is 13.9. The smallest absolute Gasteiger partial charge is 0.407 e. The number of H-pyrrole nitrogens is 2. The number of nitrogens with one attached hydrogen (secondary N) is 4. The number of likely N-dealkylation sites (tertiary alicyclic amines) is 1. The second-order valence-electron chi connectivity index (χ2n) is 15.1. The SMILES string of the molecule is COC(=O)N[C@H]1CCc2cccc3c2N(C1=O)[C@H](c1ncc(-c2ccc(-c4ccc(-c5cnc([C@@H]6CCCN6C(=O)[C@@H](NC(=O)OC)C(C)C)[nH]5)cc4)cc2)[nH]1)C3. The van der Waals surface area contributed by atoms with E-state index in [0.29, 0.717) is 31.6 Å². The van der Waals surface area contributed by atoms with Gasteiger partial charge in [0.2, 0.25) is 11.8 Å². The van der Waals surface area contributed by atoms with E-state index in [4.69, 9.17) is 14.5 Å². The van der Waals surface area contributed by atoms with E-state index >= 15 is 0 Å². The van der Waals surface area contributed by atoms with Gasteiger partial charge in [0, 0.05) is 13.0 Å². The van der Waals surface area contributed by atoms with Gasteiger partial charge in [0.15, 0.2) is 0 Å². The molecule has 4 amide bonds. The van der Waals surface area contributed by atoms with E-state index in [1.165, 1.54) is 14.2 Å². The maximum Gasteiger partial charge on any atom is 0.407 e. The average molecular weight is 771 g/mol. The lowest BCUT2D eigenvalue weighted by Gasteiger charge is -2.30. The van der Waals surface area contributed by atoms with Crippen molar-refractivity contribution in [3.8, 4) is 33.6 Å². The minimum atomic E-state index is -0.701. The second-order valence-corrected chi connectivity index (χ2v) is 15.1. The number of methoxy groups -OCH3 is 2. The lowest BCUT2D eigenvalue weighted by atomic mass is 10.0. The number of benzene rings is 3. The molecule has 1 saturated heterocycles. The Bertz CT molecular complexity index is 2300. The summed E-state index contributed by atoms with van der Waals surface area (Å²) >= 11 is 0. The number of aryl methyl sites for hydroxylation is 1. The third kappa shape index (κ3) is 7.23. The number of aromatic nitrogens is 4. The van der Waals surface area contributed by atoms with Crippen molar-refractivity contribution in [2.24, 2.45) is 5.92 Å². The monoisotopic (exact) mass is 770 g/mol. The Morgan fingerprint density at radius 1 is 0.772 bits per heavy atom. The normalized spacial score (nSPS) is 19.2. The van der Waals surface area contributed by atoms with Crippen LogP contribution in [0.25, 0.3) is 33.6 Å². The number of hydrogen-bond acceptors (Lipinski definition) is 8. The lowest BCUT2D eigenvalue weighted by molar-refractivity contribution is -0.135. The number of anilines is 1. The Hall–Kier alpha value is -6.44. The number of carbonyl (C=O) groups excluding carboxylic acids is 4. The first-order valence-corrected chi connectivity index (χ1v) is 19.4. The number of nitrogens with zero attached hydrogens (tertiary/aromatic N) is 4. The highest BCUT2D eigenvalue weighted by Crippen LogP contribution is 2.44. The van der Waals surface area contributed by atoms with E-state index in [2.05, 4.69) is 80.2 Å². The van der Waals surface area contributed by atoms with Gasteiger partial charge in [0.05, 0.1) is 55.8 Å². The standard InChI is InChI=1S/C43H46N8O6/c1-24(2)36(49-43(55)57-4)41(53)50-20-6-9-34(50)38-44-22-32(46-38)27-14-10-25(11-15-27)26-12-16-28(17-13-26)33-23-45-39(47-33)35-21-30-8-5-7-29-18-19-31(48-42(54)56-3)40(52)51(35)37(29)30/h5,7-8,10-17,22-24,31,34-36H,6,9,18-21H2,1-4H3,(H,44,46)(H,45,47)(H,48,54)(H,49,55)/t31-,34-,35-,36-/m0/s1. The van der Waals surface area contributed by atoms with Crippen LogP contribution in [0.4, 0.5) is 15.3 Å². The summed E-state index contributed by atoms with van der Waals surface area (Å²) < 4.78 is 9.57. The first-order valence-electron chi connectivity index (χ1n) is 19.4. The van der Waals surface area contributed by atoms with Crippen LogP contribution in [0.2, 0.25) is 0 Å². The van der Waals surface area contributed by atoms with Crippen molar-refractivity contribution in [1.82, 2.24) is 35.5 Å². The Morgan fingerprint density at radius 2 is 1.35 bits per heavy atom. The first-order chi connectivity index (χ1) is 27.6. The molecule has 0 saturated carbocycles. The number of hydrogen-bond donors (Lipinski definition) is 4. The van der Waals surface area contributed by atoms with E-state index in [0.717, 1.165) is 69.1 Å². The molecule has 0 radical (unpaired) electrons. The van der Waals surface area contributed by atoms with Gasteiger partial charge in [-0.2, -0.15) is 0 Å².